The van der Waals surface area contributed by atoms with Gasteiger partial charge in [-0.05, 0) is 50.2 Å². The van der Waals surface area contributed by atoms with Crippen LogP contribution in [0.15, 0.2) is 41.3 Å². The van der Waals surface area contributed by atoms with E-state index in [-0.39, 0.29) is 0 Å². The molecule has 1 atom stereocenters. The fraction of sp³-hybridized carbons (Fsp3) is 0.556. The van der Waals surface area contributed by atoms with E-state index in [9.17, 15) is 0 Å². The Labute approximate surface area is 127 Å². The lowest BCUT2D eigenvalue weighted by Gasteiger charge is -2.20. The third-order valence-electron chi connectivity index (χ3n) is 4.44. The molecule has 0 amide bonds. The van der Waals surface area contributed by atoms with E-state index < -0.39 is 0 Å². The zero-order chi connectivity index (χ0) is 13.6. The van der Waals surface area contributed by atoms with Crippen molar-refractivity contribution < 1.29 is 0 Å². The number of benzene rings is 1. The van der Waals surface area contributed by atoms with Gasteiger partial charge < -0.3 is 5.32 Å². The van der Waals surface area contributed by atoms with Crippen molar-refractivity contribution in [1.82, 2.24) is 0 Å². The van der Waals surface area contributed by atoms with E-state index in [4.69, 9.17) is 0 Å². The number of hydrogen-bond acceptors (Lipinski definition) is 2. The van der Waals surface area contributed by atoms with Gasteiger partial charge in [-0.25, -0.2) is 0 Å². The van der Waals surface area contributed by atoms with Crippen molar-refractivity contribution in [1.29, 1.82) is 0 Å². The van der Waals surface area contributed by atoms with Crippen LogP contribution in [0.1, 0.15) is 44.9 Å². The Morgan fingerprint density at radius 1 is 1.05 bits per heavy atom. The van der Waals surface area contributed by atoms with Gasteiger partial charge in [0.15, 0.2) is 0 Å². The van der Waals surface area contributed by atoms with E-state index in [0.717, 1.165) is 17.7 Å². The topological polar surface area (TPSA) is 12.0 Å². The third-order valence-corrected chi connectivity index (χ3v) is 5.86. The number of allylic oxidation sites excluding steroid dienone is 2. The Balaban J connectivity index is 1.58. The van der Waals surface area contributed by atoms with Gasteiger partial charge in [-0.3, -0.25) is 0 Å². The molecule has 1 fully saturated rings. The molecule has 3 rings (SSSR count). The first-order valence-corrected chi connectivity index (χ1v) is 8.94. The molecule has 2 aliphatic carbocycles. The van der Waals surface area contributed by atoms with E-state index in [1.165, 1.54) is 55.5 Å². The molecule has 0 radical (unpaired) electrons. The van der Waals surface area contributed by atoms with Crippen LogP contribution < -0.4 is 5.32 Å². The van der Waals surface area contributed by atoms with Crippen molar-refractivity contribution in [2.45, 2.75) is 55.1 Å². The molecule has 2 heteroatoms. The van der Waals surface area contributed by atoms with Crippen molar-refractivity contribution in [2.75, 3.05) is 11.9 Å². The van der Waals surface area contributed by atoms with E-state index in [0.29, 0.717) is 0 Å². The second-order valence-electron chi connectivity index (χ2n) is 6.05. The van der Waals surface area contributed by atoms with Crippen LogP contribution in [0, 0.1) is 5.92 Å². The molecule has 1 aromatic rings. The smallest absolute Gasteiger partial charge is 0.0478 e. The Kier molecular flexibility index (Phi) is 5.07. The highest BCUT2D eigenvalue weighted by molar-refractivity contribution is 8.00. The maximum Gasteiger partial charge on any atom is 0.0478 e. The third kappa shape index (κ3) is 3.82. The first-order chi connectivity index (χ1) is 9.92. The van der Waals surface area contributed by atoms with Crippen LogP contribution in [-0.4, -0.2) is 11.8 Å². The van der Waals surface area contributed by atoms with Gasteiger partial charge in [-0.2, -0.15) is 0 Å². The second-order valence-corrected chi connectivity index (χ2v) is 7.39. The summed E-state index contributed by atoms with van der Waals surface area (Å²) in [5.74, 6) is 0.810. The molecular formula is C18H25NS. The molecule has 0 spiro atoms. The quantitative estimate of drug-likeness (QED) is 0.719. The number of rotatable bonds is 5. The van der Waals surface area contributed by atoms with Gasteiger partial charge in [-0.1, -0.05) is 37.1 Å². The van der Waals surface area contributed by atoms with Crippen LogP contribution in [0.4, 0.5) is 5.69 Å². The molecule has 1 nitrogen and oxygen atoms in total. The minimum absolute atomic E-state index is 0.810. The van der Waals surface area contributed by atoms with Gasteiger partial charge in [0.2, 0.25) is 0 Å². The molecule has 0 heterocycles. The van der Waals surface area contributed by atoms with Crippen molar-refractivity contribution in [3.8, 4) is 0 Å². The molecule has 0 bridgehead atoms. The van der Waals surface area contributed by atoms with Crippen LogP contribution in [0.3, 0.4) is 0 Å². The average Bonchev–Trinajstić information content (AvgIpc) is 3.00. The van der Waals surface area contributed by atoms with Crippen molar-refractivity contribution >= 4 is 17.4 Å². The second kappa shape index (κ2) is 7.21. The van der Waals surface area contributed by atoms with Crippen LogP contribution in [0.25, 0.3) is 0 Å². The van der Waals surface area contributed by atoms with Crippen LogP contribution in [0.2, 0.25) is 0 Å². The summed E-state index contributed by atoms with van der Waals surface area (Å²) >= 11 is 2.09. The highest BCUT2D eigenvalue weighted by Crippen LogP contribution is 2.38. The fourth-order valence-electron chi connectivity index (χ4n) is 3.20. The predicted molar refractivity (Wildman–Crippen MR) is 89.5 cm³/mol. The molecule has 20 heavy (non-hydrogen) atoms. The summed E-state index contributed by atoms with van der Waals surface area (Å²) < 4.78 is 0. The number of hydrogen-bond donors (Lipinski definition) is 1. The molecule has 1 aromatic carbocycles. The fourth-order valence-corrected chi connectivity index (χ4v) is 4.55. The molecule has 0 saturated heterocycles. The van der Waals surface area contributed by atoms with Gasteiger partial charge in [0.25, 0.3) is 0 Å². The Morgan fingerprint density at radius 2 is 1.90 bits per heavy atom. The summed E-state index contributed by atoms with van der Waals surface area (Å²) in [6, 6.07) is 8.86. The lowest BCUT2D eigenvalue weighted by molar-refractivity contribution is 0.504. The Hall–Kier alpha value is -0.890. The number of nitrogens with one attached hydrogen (secondary N) is 1. The van der Waals surface area contributed by atoms with Crippen LogP contribution in [0.5, 0.6) is 0 Å². The van der Waals surface area contributed by atoms with Crippen molar-refractivity contribution in [3.05, 3.63) is 36.4 Å². The zero-order valence-electron chi connectivity index (χ0n) is 12.2. The minimum atomic E-state index is 0.810. The Morgan fingerprint density at radius 3 is 2.70 bits per heavy atom. The molecule has 1 saturated carbocycles. The molecule has 2 aliphatic rings. The molecule has 1 unspecified atom stereocenters. The molecule has 108 valence electrons. The number of para-hydroxylation sites is 1. The van der Waals surface area contributed by atoms with Crippen LogP contribution >= 0.6 is 11.8 Å². The van der Waals surface area contributed by atoms with Gasteiger partial charge in [-0.15, -0.1) is 11.8 Å². The molecular weight excluding hydrogens is 262 g/mol. The highest BCUT2D eigenvalue weighted by Gasteiger charge is 2.18. The number of thioether (sulfide) groups is 1. The molecule has 0 aromatic heterocycles. The van der Waals surface area contributed by atoms with Crippen molar-refractivity contribution in [2.24, 2.45) is 5.92 Å². The van der Waals surface area contributed by atoms with Gasteiger partial charge in [0.1, 0.15) is 0 Å². The maximum atomic E-state index is 3.70. The van der Waals surface area contributed by atoms with Gasteiger partial charge >= 0.3 is 0 Å². The van der Waals surface area contributed by atoms with E-state index >= 15 is 0 Å². The summed E-state index contributed by atoms with van der Waals surface area (Å²) in [6.07, 6.45) is 14.1. The van der Waals surface area contributed by atoms with Gasteiger partial charge in [0, 0.05) is 22.4 Å². The molecule has 1 N–H and O–H groups in total. The normalized spacial score (nSPS) is 23.1. The Bertz CT molecular complexity index is 448. The predicted octanol–water partition coefficient (Wildman–Crippen LogP) is 5.49. The summed E-state index contributed by atoms with van der Waals surface area (Å²) in [6.45, 7) is 1.12. The maximum absolute atomic E-state index is 3.70. The summed E-state index contributed by atoms with van der Waals surface area (Å²) in [5, 5.41) is 4.55. The first-order valence-electron chi connectivity index (χ1n) is 8.06. The SMILES string of the molecule is C1=CCC(CNc2ccccc2SC2CCCC2)CC1. The summed E-state index contributed by atoms with van der Waals surface area (Å²) in [4.78, 5) is 1.45. The zero-order valence-corrected chi connectivity index (χ0v) is 13.0. The lowest BCUT2D eigenvalue weighted by Crippen LogP contribution is -2.15. The monoisotopic (exact) mass is 287 g/mol. The van der Waals surface area contributed by atoms with Crippen molar-refractivity contribution in [3.63, 3.8) is 0 Å². The largest absolute Gasteiger partial charge is 0.384 e. The van der Waals surface area contributed by atoms with Gasteiger partial charge in [0.05, 0.1) is 0 Å². The van der Waals surface area contributed by atoms with Crippen LogP contribution in [-0.2, 0) is 0 Å². The first kappa shape index (κ1) is 14.1. The van der Waals surface area contributed by atoms with E-state index in [2.05, 4.69) is 53.5 Å². The number of anilines is 1. The summed E-state index contributed by atoms with van der Waals surface area (Å²) in [7, 11) is 0. The highest BCUT2D eigenvalue weighted by atomic mass is 32.2. The minimum Gasteiger partial charge on any atom is -0.384 e. The summed E-state index contributed by atoms with van der Waals surface area (Å²) in [5.41, 5.74) is 1.35. The lowest BCUT2D eigenvalue weighted by atomic mass is 9.94. The van der Waals surface area contributed by atoms with E-state index in [1.807, 2.05) is 0 Å². The average molecular weight is 287 g/mol. The standard InChI is InChI=1S/C18H25NS/c1-2-8-15(9-3-1)14-19-17-12-6-7-13-18(17)20-16-10-4-5-11-16/h1-2,6-7,12-13,15-16,19H,3-5,8-11,14H2. The van der Waals surface area contributed by atoms with E-state index in [1.54, 1.807) is 0 Å². The molecule has 0 aliphatic heterocycles.